The van der Waals surface area contributed by atoms with E-state index in [1.165, 1.54) is 0 Å². The van der Waals surface area contributed by atoms with Crippen molar-refractivity contribution in [1.82, 2.24) is 10.6 Å². The minimum Gasteiger partial charge on any atom is -0.497 e. The minimum absolute atomic E-state index is 0.545. The van der Waals surface area contributed by atoms with E-state index in [1.807, 2.05) is 18.3 Å². The zero-order valence-electron chi connectivity index (χ0n) is 12.4. The Balaban J connectivity index is 2.85. The first kappa shape index (κ1) is 16.8. The molecule has 0 fully saturated rings. The number of benzene rings is 1. The molecule has 0 spiro atoms. The first-order valence-corrected chi connectivity index (χ1v) is 6.62. The molecule has 0 aromatic heterocycles. The number of hydrogen-bond donors (Lipinski definition) is 3. The molecule has 0 aliphatic heterocycles. The molecule has 21 heavy (non-hydrogen) atoms. The fourth-order valence-electron chi connectivity index (χ4n) is 1.66. The van der Waals surface area contributed by atoms with Crippen molar-refractivity contribution in [2.45, 2.75) is 26.5 Å². The molecule has 0 bridgehead atoms. The molecule has 0 aliphatic rings. The van der Waals surface area contributed by atoms with E-state index in [2.05, 4.69) is 5.32 Å². The number of primary amides is 1. The molecule has 1 unspecified atom stereocenters. The summed E-state index contributed by atoms with van der Waals surface area (Å²) in [5.74, 6) is 0.654. The number of carbonyl (C=O) groups is 2. The average molecular weight is 295 g/mol. The van der Waals surface area contributed by atoms with E-state index in [1.54, 1.807) is 26.2 Å². The number of rotatable bonds is 7. The van der Waals surface area contributed by atoms with E-state index < -0.39 is 18.0 Å². The van der Waals surface area contributed by atoms with Crippen molar-refractivity contribution >= 4 is 11.9 Å². The van der Waals surface area contributed by atoms with Crippen molar-refractivity contribution < 1.29 is 19.1 Å². The van der Waals surface area contributed by atoms with Crippen LogP contribution in [0.3, 0.4) is 0 Å². The van der Waals surface area contributed by atoms with Crippen LogP contribution in [0, 0.1) is 0 Å². The number of nitrogens with one attached hydrogen (secondary N) is 2. The van der Waals surface area contributed by atoms with Gasteiger partial charge in [0.15, 0.2) is 6.10 Å². The molecular formula is C14H21N3O4. The summed E-state index contributed by atoms with van der Waals surface area (Å²) in [6, 6.07) is 4.39. The summed E-state index contributed by atoms with van der Waals surface area (Å²) >= 11 is 0. The van der Waals surface area contributed by atoms with Crippen molar-refractivity contribution in [1.29, 1.82) is 0 Å². The highest BCUT2D eigenvalue weighted by atomic mass is 16.5. The number of urea groups is 1. The Morgan fingerprint density at radius 2 is 2.10 bits per heavy atom. The second kappa shape index (κ2) is 8.11. The number of nitrogens with two attached hydrogens (primary N) is 1. The fourth-order valence-corrected chi connectivity index (χ4v) is 1.66. The van der Waals surface area contributed by atoms with Crippen LogP contribution in [-0.4, -0.2) is 31.7 Å². The molecular weight excluding hydrogens is 274 g/mol. The van der Waals surface area contributed by atoms with Gasteiger partial charge in [-0.1, -0.05) is 6.92 Å². The van der Waals surface area contributed by atoms with E-state index in [-0.39, 0.29) is 0 Å². The molecule has 0 saturated heterocycles. The summed E-state index contributed by atoms with van der Waals surface area (Å²) in [6.45, 7) is 4.91. The zero-order chi connectivity index (χ0) is 15.8. The van der Waals surface area contributed by atoms with Crippen LogP contribution in [0.1, 0.15) is 19.4 Å². The van der Waals surface area contributed by atoms with Gasteiger partial charge in [-0.2, -0.15) is 0 Å². The van der Waals surface area contributed by atoms with Gasteiger partial charge in [-0.15, -0.1) is 0 Å². The van der Waals surface area contributed by atoms with Crippen molar-refractivity contribution in [2.24, 2.45) is 5.73 Å². The van der Waals surface area contributed by atoms with Crippen LogP contribution in [0.15, 0.2) is 18.2 Å². The SMILES string of the molecule is CCNCc1cc(OC)ccc1OC(C)C(=O)NC(N)=O. The predicted octanol–water partition coefficient (Wildman–Crippen LogP) is 0.767. The lowest BCUT2D eigenvalue weighted by molar-refractivity contribution is -0.126. The van der Waals surface area contributed by atoms with Crippen LogP contribution in [0.2, 0.25) is 0 Å². The average Bonchev–Trinajstić information content (AvgIpc) is 2.45. The highest BCUT2D eigenvalue weighted by Gasteiger charge is 2.18. The summed E-state index contributed by atoms with van der Waals surface area (Å²) in [5.41, 5.74) is 5.76. The van der Waals surface area contributed by atoms with Crippen LogP contribution in [0.4, 0.5) is 4.79 Å². The van der Waals surface area contributed by atoms with Gasteiger partial charge >= 0.3 is 6.03 Å². The molecule has 0 saturated carbocycles. The highest BCUT2D eigenvalue weighted by molar-refractivity contribution is 5.95. The standard InChI is InChI=1S/C14H21N3O4/c1-4-16-8-10-7-11(20-3)5-6-12(10)21-9(2)13(18)17-14(15)19/h5-7,9,16H,4,8H2,1-3H3,(H3,15,17,18,19). The molecule has 4 N–H and O–H groups in total. The molecule has 1 aromatic rings. The van der Waals surface area contributed by atoms with E-state index in [9.17, 15) is 9.59 Å². The van der Waals surface area contributed by atoms with E-state index >= 15 is 0 Å². The summed E-state index contributed by atoms with van der Waals surface area (Å²) in [6.07, 6.45) is -0.841. The lowest BCUT2D eigenvalue weighted by atomic mass is 10.2. The van der Waals surface area contributed by atoms with Gasteiger partial charge in [0.2, 0.25) is 0 Å². The van der Waals surface area contributed by atoms with Gasteiger partial charge in [-0.3, -0.25) is 10.1 Å². The Morgan fingerprint density at radius 1 is 1.38 bits per heavy atom. The van der Waals surface area contributed by atoms with E-state index in [4.69, 9.17) is 15.2 Å². The third-order valence-electron chi connectivity index (χ3n) is 2.75. The van der Waals surface area contributed by atoms with Gasteiger partial charge < -0.3 is 20.5 Å². The van der Waals surface area contributed by atoms with E-state index in [0.29, 0.717) is 18.0 Å². The summed E-state index contributed by atoms with van der Waals surface area (Å²) < 4.78 is 10.8. The predicted molar refractivity (Wildman–Crippen MR) is 78.2 cm³/mol. The normalized spacial score (nSPS) is 11.6. The fraction of sp³-hybridized carbons (Fsp3) is 0.429. The number of methoxy groups -OCH3 is 1. The lowest BCUT2D eigenvalue weighted by Gasteiger charge is -2.17. The Hall–Kier alpha value is -2.28. The summed E-state index contributed by atoms with van der Waals surface area (Å²) in [5, 5.41) is 5.16. The quantitative estimate of drug-likeness (QED) is 0.689. The van der Waals surface area contributed by atoms with Gasteiger partial charge in [-0.25, -0.2) is 4.79 Å². The molecule has 0 radical (unpaired) electrons. The number of amides is 3. The van der Waals surface area contributed by atoms with Crippen LogP contribution in [-0.2, 0) is 11.3 Å². The molecule has 116 valence electrons. The minimum atomic E-state index is -0.905. The maximum atomic E-state index is 11.6. The molecule has 0 aliphatic carbocycles. The second-order valence-corrected chi connectivity index (χ2v) is 4.37. The number of imide groups is 1. The van der Waals surface area contributed by atoms with Gasteiger partial charge in [-0.05, 0) is 31.7 Å². The van der Waals surface area contributed by atoms with Gasteiger partial charge in [0.1, 0.15) is 11.5 Å². The Labute approximate surface area is 123 Å². The third kappa shape index (κ3) is 5.31. The molecule has 1 rings (SSSR count). The second-order valence-electron chi connectivity index (χ2n) is 4.37. The largest absolute Gasteiger partial charge is 0.497 e. The van der Waals surface area contributed by atoms with Crippen molar-refractivity contribution in [3.05, 3.63) is 23.8 Å². The lowest BCUT2D eigenvalue weighted by Crippen LogP contribution is -2.42. The highest BCUT2D eigenvalue weighted by Crippen LogP contribution is 2.25. The van der Waals surface area contributed by atoms with Crippen LogP contribution >= 0.6 is 0 Å². The summed E-state index contributed by atoms with van der Waals surface area (Å²) in [4.78, 5) is 22.3. The Bertz CT molecular complexity index is 505. The number of carbonyl (C=O) groups excluding carboxylic acids is 2. The Kier molecular flexibility index (Phi) is 6.48. The third-order valence-corrected chi connectivity index (χ3v) is 2.75. The molecule has 7 nitrogen and oxygen atoms in total. The number of ether oxygens (including phenoxy) is 2. The smallest absolute Gasteiger partial charge is 0.318 e. The molecule has 1 aromatic carbocycles. The van der Waals surface area contributed by atoms with Crippen LogP contribution in [0.25, 0.3) is 0 Å². The molecule has 0 heterocycles. The zero-order valence-corrected chi connectivity index (χ0v) is 12.4. The maximum absolute atomic E-state index is 11.6. The topological polar surface area (TPSA) is 103 Å². The molecule has 7 heteroatoms. The van der Waals surface area contributed by atoms with Crippen molar-refractivity contribution in [3.63, 3.8) is 0 Å². The molecule has 1 atom stereocenters. The van der Waals surface area contributed by atoms with E-state index in [0.717, 1.165) is 12.1 Å². The van der Waals surface area contributed by atoms with Crippen molar-refractivity contribution in [2.75, 3.05) is 13.7 Å². The van der Waals surface area contributed by atoms with Gasteiger partial charge in [0.25, 0.3) is 5.91 Å². The Morgan fingerprint density at radius 3 is 2.67 bits per heavy atom. The molecule has 3 amide bonds. The monoisotopic (exact) mass is 295 g/mol. The van der Waals surface area contributed by atoms with Crippen LogP contribution < -0.4 is 25.8 Å². The first-order chi connectivity index (χ1) is 9.97. The first-order valence-electron chi connectivity index (χ1n) is 6.62. The summed E-state index contributed by atoms with van der Waals surface area (Å²) in [7, 11) is 1.58. The van der Waals surface area contributed by atoms with Gasteiger partial charge in [0, 0.05) is 12.1 Å². The van der Waals surface area contributed by atoms with Crippen molar-refractivity contribution in [3.8, 4) is 11.5 Å². The number of hydrogen-bond acceptors (Lipinski definition) is 5. The van der Waals surface area contributed by atoms with Crippen LogP contribution in [0.5, 0.6) is 11.5 Å². The maximum Gasteiger partial charge on any atom is 0.318 e. The van der Waals surface area contributed by atoms with Gasteiger partial charge in [0.05, 0.1) is 7.11 Å².